The first-order valence-corrected chi connectivity index (χ1v) is 9.92. The Morgan fingerprint density at radius 2 is 2.12 bits per heavy atom. The summed E-state index contributed by atoms with van der Waals surface area (Å²) in [5.41, 5.74) is 1.39. The molecule has 0 radical (unpaired) electrons. The van der Waals surface area contributed by atoms with Gasteiger partial charge in [0.15, 0.2) is 6.61 Å². The lowest BCUT2D eigenvalue weighted by Gasteiger charge is -2.18. The average Bonchev–Trinajstić information content (AvgIpc) is 3.26. The first-order valence-electron chi connectivity index (χ1n) is 8.23. The van der Waals surface area contributed by atoms with Gasteiger partial charge in [-0.3, -0.25) is 4.79 Å². The summed E-state index contributed by atoms with van der Waals surface area (Å²) in [5, 5.41) is 4.93. The fraction of sp³-hybridized carbons (Fsp3) is 0.389. The van der Waals surface area contributed by atoms with E-state index in [0.717, 1.165) is 29.7 Å². The van der Waals surface area contributed by atoms with Gasteiger partial charge >= 0.3 is 11.9 Å². The summed E-state index contributed by atoms with van der Waals surface area (Å²) in [7, 11) is 1.33. The van der Waals surface area contributed by atoms with E-state index in [1.165, 1.54) is 29.8 Å². The summed E-state index contributed by atoms with van der Waals surface area (Å²) in [6.45, 7) is 1.76. The van der Waals surface area contributed by atoms with Crippen molar-refractivity contribution in [2.75, 3.05) is 19.0 Å². The zero-order valence-electron chi connectivity index (χ0n) is 14.5. The molecule has 2 heterocycles. The largest absolute Gasteiger partial charge is 0.465 e. The minimum absolute atomic E-state index is 0.406. The number of methoxy groups -OCH3 is 1. The van der Waals surface area contributed by atoms with Crippen LogP contribution in [0.4, 0.5) is 5.00 Å². The van der Waals surface area contributed by atoms with Gasteiger partial charge in [-0.15, -0.1) is 22.7 Å². The highest BCUT2D eigenvalue weighted by atomic mass is 32.1. The average molecular weight is 393 g/mol. The monoisotopic (exact) mass is 393 g/mol. The molecule has 3 rings (SSSR count). The molecule has 1 aliphatic rings. The number of nitrogens with one attached hydrogen (secondary N) is 1. The third-order valence-electron chi connectivity index (χ3n) is 4.21. The highest BCUT2D eigenvalue weighted by Gasteiger charge is 2.29. The number of thiophene rings is 2. The molecule has 0 aromatic carbocycles. The summed E-state index contributed by atoms with van der Waals surface area (Å²) in [5.74, 6) is -0.931. The number of carbonyl (C=O) groups excluding carboxylic acids is 3. The number of anilines is 1. The normalized spacial score (nSPS) is 15.8. The van der Waals surface area contributed by atoms with Gasteiger partial charge in [-0.2, -0.15) is 0 Å². The van der Waals surface area contributed by atoms with Crippen molar-refractivity contribution in [2.24, 2.45) is 5.92 Å². The van der Waals surface area contributed by atoms with Crippen LogP contribution in [-0.4, -0.2) is 31.6 Å². The van der Waals surface area contributed by atoms with Gasteiger partial charge in [-0.25, -0.2) is 9.59 Å². The SMILES string of the molecule is COC(=O)c1c(NC(=O)COC(=O)c2cccs2)sc2c1CCC(C)C2. The molecule has 8 heteroatoms. The molecule has 138 valence electrons. The van der Waals surface area contributed by atoms with Gasteiger partial charge in [0.05, 0.1) is 12.7 Å². The zero-order chi connectivity index (χ0) is 18.7. The Morgan fingerprint density at radius 1 is 1.31 bits per heavy atom. The standard InChI is InChI=1S/C18H19NO5S2/c1-10-5-6-11-13(8-10)26-16(15(11)18(22)23-2)19-14(20)9-24-17(21)12-4-3-7-25-12/h3-4,7,10H,5-6,8-9H2,1-2H3,(H,19,20). The molecule has 2 aromatic heterocycles. The number of amides is 1. The Balaban J connectivity index is 1.71. The molecule has 1 N–H and O–H groups in total. The number of ether oxygens (including phenoxy) is 2. The minimum Gasteiger partial charge on any atom is -0.465 e. The van der Waals surface area contributed by atoms with Crippen LogP contribution in [0.3, 0.4) is 0 Å². The molecule has 0 saturated heterocycles. The second kappa shape index (κ2) is 8.01. The van der Waals surface area contributed by atoms with Gasteiger partial charge in [-0.05, 0) is 42.2 Å². The highest BCUT2D eigenvalue weighted by Crippen LogP contribution is 2.40. The first-order chi connectivity index (χ1) is 12.5. The Kier molecular flexibility index (Phi) is 5.73. The Morgan fingerprint density at radius 3 is 2.81 bits per heavy atom. The predicted octanol–water partition coefficient (Wildman–Crippen LogP) is 3.52. The van der Waals surface area contributed by atoms with E-state index in [1.54, 1.807) is 17.5 Å². The quantitative estimate of drug-likeness (QED) is 0.786. The molecule has 1 amide bonds. The van der Waals surface area contributed by atoms with Crippen LogP contribution in [0.25, 0.3) is 0 Å². The molecule has 0 saturated carbocycles. The molecule has 6 nitrogen and oxygen atoms in total. The molecule has 1 atom stereocenters. The number of hydrogen-bond donors (Lipinski definition) is 1. The van der Waals surface area contributed by atoms with Crippen LogP contribution in [0.2, 0.25) is 0 Å². The van der Waals surface area contributed by atoms with Crippen molar-refractivity contribution >= 4 is 45.5 Å². The van der Waals surface area contributed by atoms with E-state index >= 15 is 0 Å². The van der Waals surface area contributed by atoms with Crippen molar-refractivity contribution in [2.45, 2.75) is 26.2 Å². The molecule has 2 aromatic rings. The summed E-state index contributed by atoms with van der Waals surface area (Å²) in [4.78, 5) is 37.8. The second-order valence-corrected chi connectivity index (χ2v) is 8.20. The molecule has 1 unspecified atom stereocenters. The maximum absolute atomic E-state index is 12.2. The first kappa shape index (κ1) is 18.6. The summed E-state index contributed by atoms with van der Waals surface area (Å²) < 4.78 is 9.90. The van der Waals surface area contributed by atoms with Gasteiger partial charge in [0, 0.05) is 4.88 Å². The van der Waals surface area contributed by atoms with E-state index in [-0.39, 0.29) is 0 Å². The number of carbonyl (C=O) groups is 3. The lowest BCUT2D eigenvalue weighted by Crippen LogP contribution is -2.21. The number of fused-ring (bicyclic) bond motifs is 1. The summed E-state index contributed by atoms with van der Waals surface area (Å²) in [6.07, 6.45) is 2.67. The van der Waals surface area contributed by atoms with Gasteiger partial charge in [-0.1, -0.05) is 13.0 Å². The van der Waals surface area contributed by atoms with E-state index < -0.39 is 24.5 Å². The third kappa shape index (κ3) is 3.96. The van der Waals surface area contributed by atoms with Crippen molar-refractivity contribution in [1.82, 2.24) is 0 Å². The van der Waals surface area contributed by atoms with Crippen LogP contribution in [-0.2, 0) is 27.1 Å². The van der Waals surface area contributed by atoms with Gasteiger partial charge < -0.3 is 14.8 Å². The predicted molar refractivity (Wildman–Crippen MR) is 100 cm³/mol. The minimum atomic E-state index is -0.539. The van der Waals surface area contributed by atoms with Gasteiger partial charge in [0.25, 0.3) is 5.91 Å². The van der Waals surface area contributed by atoms with Crippen LogP contribution in [0.5, 0.6) is 0 Å². The number of esters is 2. The number of hydrogen-bond acceptors (Lipinski definition) is 7. The van der Waals surface area contributed by atoms with Crippen molar-refractivity contribution in [1.29, 1.82) is 0 Å². The van der Waals surface area contributed by atoms with Crippen molar-refractivity contribution in [3.8, 4) is 0 Å². The Hall–Kier alpha value is -2.19. The van der Waals surface area contributed by atoms with E-state index in [4.69, 9.17) is 9.47 Å². The molecule has 26 heavy (non-hydrogen) atoms. The molecule has 0 bridgehead atoms. The van der Waals surface area contributed by atoms with E-state index in [1.807, 2.05) is 0 Å². The van der Waals surface area contributed by atoms with Crippen LogP contribution < -0.4 is 5.32 Å². The number of rotatable bonds is 5. The Labute approximate surface area is 159 Å². The maximum Gasteiger partial charge on any atom is 0.348 e. The second-order valence-electron chi connectivity index (χ2n) is 6.15. The summed E-state index contributed by atoms with van der Waals surface area (Å²) in [6, 6.07) is 3.37. The molecule has 0 aliphatic heterocycles. The van der Waals surface area contributed by atoms with E-state index in [9.17, 15) is 14.4 Å². The molecular weight excluding hydrogens is 374 g/mol. The van der Waals surface area contributed by atoms with Crippen molar-refractivity contribution < 1.29 is 23.9 Å². The lowest BCUT2D eigenvalue weighted by atomic mass is 9.88. The molecule has 1 aliphatic carbocycles. The van der Waals surface area contributed by atoms with Gasteiger partial charge in [0.2, 0.25) is 0 Å². The van der Waals surface area contributed by atoms with Crippen LogP contribution in [0.15, 0.2) is 17.5 Å². The molecule has 0 fully saturated rings. The van der Waals surface area contributed by atoms with E-state index in [2.05, 4.69) is 12.2 Å². The fourth-order valence-corrected chi connectivity index (χ4v) is 4.95. The fourth-order valence-electron chi connectivity index (χ4n) is 2.92. The molecule has 0 spiro atoms. The third-order valence-corrected chi connectivity index (χ3v) is 6.23. The van der Waals surface area contributed by atoms with Crippen LogP contribution in [0.1, 0.15) is 43.8 Å². The van der Waals surface area contributed by atoms with Crippen LogP contribution >= 0.6 is 22.7 Å². The van der Waals surface area contributed by atoms with Crippen molar-refractivity contribution in [3.63, 3.8) is 0 Å². The van der Waals surface area contributed by atoms with Crippen molar-refractivity contribution in [3.05, 3.63) is 38.4 Å². The zero-order valence-corrected chi connectivity index (χ0v) is 16.1. The maximum atomic E-state index is 12.2. The van der Waals surface area contributed by atoms with E-state index in [0.29, 0.717) is 21.4 Å². The van der Waals surface area contributed by atoms with Crippen LogP contribution in [0, 0.1) is 5.92 Å². The summed E-state index contributed by atoms with van der Waals surface area (Å²) >= 11 is 2.65. The molecular formula is C18H19NO5S2. The Bertz CT molecular complexity index is 825. The lowest BCUT2D eigenvalue weighted by molar-refractivity contribution is -0.119. The topological polar surface area (TPSA) is 81.7 Å². The smallest absolute Gasteiger partial charge is 0.348 e. The highest BCUT2D eigenvalue weighted by molar-refractivity contribution is 7.17. The van der Waals surface area contributed by atoms with Gasteiger partial charge in [0.1, 0.15) is 9.88 Å².